The van der Waals surface area contributed by atoms with Crippen LogP contribution < -0.4 is 5.73 Å². The molecule has 86 valence electrons. The van der Waals surface area contributed by atoms with Crippen LogP contribution in [0.15, 0.2) is 18.2 Å². The standard InChI is InChI=1S/C10H14ClNO2.ClH/c1-2-8(13)10(12)6-3-4-9(14)7(11)5-6;/h3-5,8,10,13-14H,2,12H2,1H3;1H/t8-,10+;/m0./s1. The van der Waals surface area contributed by atoms with Crippen LogP contribution in [0, 0.1) is 0 Å². The molecule has 0 bridgehead atoms. The lowest BCUT2D eigenvalue weighted by molar-refractivity contribution is 0.140. The molecular formula is C10H15Cl2NO2. The smallest absolute Gasteiger partial charge is 0.134 e. The van der Waals surface area contributed by atoms with Crippen LogP contribution in [0.3, 0.4) is 0 Å². The number of aliphatic hydroxyl groups is 1. The molecule has 5 heteroatoms. The molecule has 0 heterocycles. The number of phenolic OH excluding ortho intramolecular Hbond substituents is 1. The van der Waals surface area contributed by atoms with Crippen LogP contribution in [-0.2, 0) is 0 Å². The van der Waals surface area contributed by atoms with E-state index < -0.39 is 12.1 Å². The third-order valence-corrected chi connectivity index (χ3v) is 2.49. The second-order valence-electron chi connectivity index (χ2n) is 3.21. The predicted octanol–water partition coefficient (Wildman–Crippen LogP) is 2.24. The molecule has 0 radical (unpaired) electrons. The minimum Gasteiger partial charge on any atom is -0.506 e. The lowest BCUT2D eigenvalue weighted by atomic mass is 10.0. The summed E-state index contributed by atoms with van der Waals surface area (Å²) >= 11 is 5.72. The Kier molecular flexibility index (Phi) is 5.98. The molecular weight excluding hydrogens is 237 g/mol. The molecule has 0 aliphatic rings. The first kappa shape index (κ1) is 14.5. The Morgan fingerprint density at radius 2 is 2.07 bits per heavy atom. The summed E-state index contributed by atoms with van der Waals surface area (Å²) in [5.74, 6) is 0.0219. The second kappa shape index (κ2) is 6.18. The van der Waals surface area contributed by atoms with Crippen molar-refractivity contribution in [3.8, 4) is 5.75 Å². The Balaban J connectivity index is 0.00000196. The Hall–Kier alpha value is -0.480. The van der Waals surface area contributed by atoms with Crippen molar-refractivity contribution < 1.29 is 10.2 Å². The van der Waals surface area contributed by atoms with E-state index in [2.05, 4.69) is 0 Å². The van der Waals surface area contributed by atoms with Crippen molar-refractivity contribution in [2.75, 3.05) is 0 Å². The Bertz CT molecular complexity index is 320. The van der Waals surface area contributed by atoms with Crippen molar-refractivity contribution in [2.24, 2.45) is 5.73 Å². The molecule has 0 unspecified atom stereocenters. The molecule has 0 spiro atoms. The maximum absolute atomic E-state index is 9.51. The van der Waals surface area contributed by atoms with Crippen LogP contribution in [-0.4, -0.2) is 16.3 Å². The quantitative estimate of drug-likeness (QED) is 0.772. The number of nitrogens with two attached hydrogens (primary N) is 1. The van der Waals surface area contributed by atoms with Gasteiger partial charge in [0.2, 0.25) is 0 Å². The maximum Gasteiger partial charge on any atom is 0.134 e. The number of hydrogen-bond donors (Lipinski definition) is 3. The fourth-order valence-corrected chi connectivity index (χ4v) is 1.40. The van der Waals surface area contributed by atoms with Gasteiger partial charge in [0.05, 0.1) is 17.2 Å². The monoisotopic (exact) mass is 251 g/mol. The van der Waals surface area contributed by atoms with Crippen LogP contribution in [0.1, 0.15) is 24.9 Å². The van der Waals surface area contributed by atoms with Gasteiger partial charge in [0.15, 0.2) is 0 Å². The first-order valence-electron chi connectivity index (χ1n) is 4.48. The summed E-state index contributed by atoms with van der Waals surface area (Å²) in [4.78, 5) is 0. The fourth-order valence-electron chi connectivity index (χ4n) is 1.21. The average molecular weight is 252 g/mol. The largest absolute Gasteiger partial charge is 0.506 e. The Labute approximate surface area is 100 Å². The number of halogens is 2. The van der Waals surface area contributed by atoms with E-state index in [4.69, 9.17) is 17.3 Å². The van der Waals surface area contributed by atoms with E-state index in [0.717, 1.165) is 5.56 Å². The minimum atomic E-state index is -0.587. The highest BCUT2D eigenvalue weighted by molar-refractivity contribution is 6.32. The molecule has 4 N–H and O–H groups in total. The molecule has 2 atom stereocenters. The number of hydrogen-bond acceptors (Lipinski definition) is 3. The van der Waals surface area contributed by atoms with Gasteiger partial charge >= 0.3 is 0 Å². The lowest BCUT2D eigenvalue weighted by Crippen LogP contribution is -2.25. The van der Waals surface area contributed by atoms with Gasteiger partial charge in [-0.25, -0.2) is 0 Å². The zero-order valence-electron chi connectivity index (χ0n) is 8.35. The van der Waals surface area contributed by atoms with Gasteiger partial charge in [-0.2, -0.15) is 0 Å². The summed E-state index contributed by atoms with van der Waals surface area (Å²) in [6, 6.07) is 4.24. The van der Waals surface area contributed by atoms with Crippen molar-refractivity contribution in [3.63, 3.8) is 0 Å². The van der Waals surface area contributed by atoms with Crippen molar-refractivity contribution in [2.45, 2.75) is 25.5 Å². The number of benzene rings is 1. The summed E-state index contributed by atoms with van der Waals surface area (Å²) < 4.78 is 0. The Morgan fingerprint density at radius 1 is 1.47 bits per heavy atom. The van der Waals surface area contributed by atoms with Gasteiger partial charge in [-0.1, -0.05) is 24.6 Å². The third-order valence-electron chi connectivity index (χ3n) is 2.19. The normalized spacial score (nSPS) is 14.1. The predicted molar refractivity (Wildman–Crippen MR) is 63.6 cm³/mol. The van der Waals surface area contributed by atoms with E-state index in [0.29, 0.717) is 6.42 Å². The van der Waals surface area contributed by atoms with Gasteiger partial charge in [-0.05, 0) is 24.1 Å². The zero-order valence-corrected chi connectivity index (χ0v) is 9.92. The Morgan fingerprint density at radius 3 is 2.53 bits per heavy atom. The van der Waals surface area contributed by atoms with Crippen molar-refractivity contribution in [1.29, 1.82) is 0 Å². The van der Waals surface area contributed by atoms with Crippen LogP contribution >= 0.6 is 24.0 Å². The second-order valence-corrected chi connectivity index (χ2v) is 3.62. The fraction of sp³-hybridized carbons (Fsp3) is 0.400. The van der Waals surface area contributed by atoms with Gasteiger partial charge < -0.3 is 15.9 Å². The number of phenols is 1. The first-order chi connectivity index (χ1) is 6.56. The number of aliphatic hydroxyl groups excluding tert-OH is 1. The molecule has 15 heavy (non-hydrogen) atoms. The third kappa shape index (κ3) is 3.54. The minimum absolute atomic E-state index is 0. The highest BCUT2D eigenvalue weighted by Gasteiger charge is 2.15. The van der Waals surface area contributed by atoms with Crippen LogP contribution in [0.4, 0.5) is 0 Å². The lowest BCUT2D eigenvalue weighted by Gasteiger charge is -2.17. The highest BCUT2D eigenvalue weighted by Crippen LogP contribution is 2.27. The molecule has 0 aromatic heterocycles. The molecule has 0 saturated heterocycles. The van der Waals surface area contributed by atoms with E-state index in [9.17, 15) is 10.2 Å². The average Bonchev–Trinajstić information content (AvgIpc) is 2.20. The maximum atomic E-state index is 9.51. The summed E-state index contributed by atoms with van der Waals surface area (Å²) in [7, 11) is 0. The van der Waals surface area contributed by atoms with Crippen LogP contribution in [0.2, 0.25) is 5.02 Å². The molecule has 1 rings (SSSR count). The van der Waals surface area contributed by atoms with Crippen molar-refractivity contribution in [1.82, 2.24) is 0 Å². The molecule has 1 aromatic carbocycles. The van der Waals surface area contributed by atoms with Gasteiger partial charge in [-0.15, -0.1) is 12.4 Å². The number of aromatic hydroxyl groups is 1. The molecule has 0 aliphatic carbocycles. The van der Waals surface area contributed by atoms with Gasteiger partial charge in [0.25, 0.3) is 0 Å². The van der Waals surface area contributed by atoms with E-state index in [1.54, 1.807) is 12.1 Å². The SMILES string of the molecule is CC[C@H](O)[C@H](N)c1ccc(O)c(Cl)c1.Cl. The summed E-state index contributed by atoms with van der Waals surface area (Å²) in [5, 5.41) is 18.9. The number of rotatable bonds is 3. The van der Waals surface area contributed by atoms with Crippen molar-refractivity contribution in [3.05, 3.63) is 28.8 Å². The topological polar surface area (TPSA) is 66.5 Å². The van der Waals surface area contributed by atoms with E-state index >= 15 is 0 Å². The summed E-state index contributed by atoms with van der Waals surface area (Å²) in [5.41, 5.74) is 6.50. The van der Waals surface area contributed by atoms with Gasteiger partial charge in [-0.3, -0.25) is 0 Å². The zero-order chi connectivity index (χ0) is 10.7. The molecule has 0 fully saturated rings. The van der Waals surface area contributed by atoms with Crippen LogP contribution in [0.25, 0.3) is 0 Å². The summed E-state index contributed by atoms with van der Waals surface area (Å²) in [6.45, 7) is 1.85. The van der Waals surface area contributed by atoms with E-state index in [1.807, 2.05) is 6.92 Å². The molecule has 0 aliphatic heterocycles. The van der Waals surface area contributed by atoms with E-state index in [1.165, 1.54) is 6.07 Å². The molecule has 3 nitrogen and oxygen atoms in total. The first-order valence-corrected chi connectivity index (χ1v) is 4.86. The highest BCUT2D eigenvalue weighted by atomic mass is 35.5. The van der Waals surface area contributed by atoms with Crippen molar-refractivity contribution >= 4 is 24.0 Å². The van der Waals surface area contributed by atoms with E-state index in [-0.39, 0.29) is 23.2 Å². The van der Waals surface area contributed by atoms with Crippen LogP contribution in [0.5, 0.6) is 5.75 Å². The van der Waals surface area contributed by atoms with Gasteiger partial charge in [0, 0.05) is 0 Å². The molecule has 1 aromatic rings. The van der Waals surface area contributed by atoms with Gasteiger partial charge in [0.1, 0.15) is 5.75 Å². The molecule has 0 saturated carbocycles. The molecule has 0 amide bonds. The summed E-state index contributed by atoms with van der Waals surface area (Å²) in [6.07, 6.45) is -0.00440.